The molecule has 1 N–H and O–H groups in total. The first-order valence-corrected chi connectivity index (χ1v) is 6.75. The van der Waals surface area contributed by atoms with Crippen LogP contribution in [0, 0.1) is 11.7 Å². The van der Waals surface area contributed by atoms with Gasteiger partial charge < -0.3 is 4.90 Å². The summed E-state index contributed by atoms with van der Waals surface area (Å²) in [5, 5.41) is 3.28. The van der Waals surface area contributed by atoms with Crippen molar-refractivity contribution in [3.63, 3.8) is 0 Å². The van der Waals surface area contributed by atoms with Gasteiger partial charge in [0.1, 0.15) is 12.0 Å². The standard InChI is InChI=1S/C15H21FN2O/c1-9(2)11(4)18-14(17-10(3)15(18)19)12-5-7-13(16)8-6-12/h5-11,14,17H,1-4H3. The van der Waals surface area contributed by atoms with Gasteiger partial charge in [-0.15, -0.1) is 0 Å². The Labute approximate surface area is 113 Å². The maximum atomic E-state index is 13.0. The molecule has 4 heteroatoms. The zero-order chi connectivity index (χ0) is 14.2. The van der Waals surface area contributed by atoms with Gasteiger partial charge in [0.15, 0.2) is 0 Å². The maximum absolute atomic E-state index is 13.0. The molecule has 19 heavy (non-hydrogen) atoms. The van der Waals surface area contributed by atoms with Crippen molar-refractivity contribution in [2.45, 2.75) is 45.9 Å². The van der Waals surface area contributed by atoms with Crippen molar-refractivity contribution in [3.05, 3.63) is 35.6 Å². The second-order valence-electron chi connectivity index (χ2n) is 5.57. The summed E-state index contributed by atoms with van der Waals surface area (Å²) in [7, 11) is 0. The van der Waals surface area contributed by atoms with E-state index in [1.807, 2.05) is 11.8 Å². The van der Waals surface area contributed by atoms with Crippen LogP contribution in [0.4, 0.5) is 4.39 Å². The molecule has 1 amide bonds. The molecule has 0 bridgehead atoms. The first kappa shape index (κ1) is 14.0. The number of benzene rings is 1. The minimum Gasteiger partial charge on any atom is -0.319 e. The molecule has 3 unspecified atom stereocenters. The smallest absolute Gasteiger partial charge is 0.241 e. The van der Waals surface area contributed by atoms with Gasteiger partial charge in [0, 0.05) is 6.04 Å². The fraction of sp³-hybridized carbons (Fsp3) is 0.533. The third kappa shape index (κ3) is 2.63. The van der Waals surface area contributed by atoms with Crippen LogP contribution in [0.3, 0.4) is 0 Å². The van der Waals surface area contributed by atoms with Crippen LogP contribution < -0.4 is 5.32 Å². The molecule has 1 aliphatic rings. The summed E-state index contributed by atoms with van der Waals surface area (Å²) in [5.41, 5.74) is 0.923. The molecule has 1 aromatic rings. The average Bonchev–Trinajstić information content (AvgIpc) is 2.66. The van der Waals surface area contributed by atoms with Gasteiger partial charge in [-0.2, -0.15) is 0 Å². The molecule has 0 spiro atoms. The summed E-state index contributed by atoms with van der Waals surface area (Å²) in [6.45, 7) is 8.12. The van der Waals surface area contributed by atoms with Gasteiger partial charge in [0.05, 0.1) is 6.04 Å². The van der Waals surface area contributed by atoms with E-state index < -0.39 is 0 Å². The van der Waals surface area contributed by atoms with E-state index in [2.05, 4.69) is 26.1 Å². The molecule has 0 aliphatic carbocycles. The second-order valence-corrected chi connectivity index (χ2v) is 5.57. The van der Waals surface area contributed by atoms with Gasteiger partial charge in [0.25, 0.3) is 0 Å². The average molecular weight is 264 g/mol. The number of nitrogens with one attached hydrogen (secondary N) is 1. The molecular weight excluding hydrogens is 243 g/mol. The fourth-order valence-electron chi connectivity index (χ4n) is 2.40. The Morgan fingerprint density at radius 1 is 1.21 bits per heavy atom. The van der Waals surface area contributed by atoms with E-state index in [1.54, 1.807) is 12.1 Å². The minimum atomic E-state index is -0.260. The lowest BCUT2D eigenvalue weighted by atomic mass is 10.0. The van der Waals surface area contributed by atoms with Crippen molar-refractivity contribution < 1.29 is 9.18 Å². The summed E-state index contributed by atoms with van der Waals surface area (Å²) < 4.78 is 13.0. The zero-order valence-electron chi connectivity index (χ0n) is 11.9. The maximum Gasteiger partial charge on any atom is 0.241 e. The quantitative estimate of drug-likeness (QED) is 0.910. The summed E-state index contributed by atoms with van der Waals surface area (Å²) >= 11 is 0. The third-order valence-corrected chi connectivity index (χ3v) is 3.90. The lowest BCUT2D eigenvalue weighted by Crippen LogP contribution is -2.41. The van der Waals surface area contributed by atoms with E-state index in [0.29, 0.717) is 5.92 Å². The van der Waals surface area contributed by atoms with Crippen LogP contribution in [0.25, 0.3) is 0 Å². The monoisotopic (exact) mass is 264 g/mol. The first-order valence-electron chi connectivity index (χ1n) is 6.75. The van der Waals surface area contributed by atoms with Gasteiger partial charge in [-0.25, -0.2) is 4.39 Å². The van der Waals surface area contributed by atoms with Crippen molar-refractivity contribution in [2.75, 3.05) is 0 Å². The van der Waals surface area contributed by atoms with E-state index in [1.165, 1.54) is 12.1 Å². The van der Waals surface area contributed by atoms with Crippen molar-refractivity contribution in [1.82, 2.24) is 10.2 Å². The topological polar surface area (TPSA) is 32.3 Å². The summed E-state index contributed by atoms with van der Waals surface area (Å²) in [4.78, 5) is 14.2. The lowest BCUT2D eigenvalue weighted by molar-refractivity contribution is -0.132. The highest BCUT2D eigenvalue weighted by atomic mass is 19.1. The van der Waals surface area contributed by atoms with E-state index in [4.69, 9.17) is 0 Å². The van der Waals surface area contributed by atoms with Crippen LogP contribution in [0.15, 0.2) is 24.3 Å². The summed E-state index contributed by atoms with van der Waals surface area (Å²) in [6, 6.07) is 6.28. The number of hydrogen-bond acceptors (Lipinski definition) is 2. The van der Waals surface area contributed by atoms with E-state index >= 15 is 0 Å². The van der Waals surface area contributed by atoms with Crippen molar-refractivity contribution >= 4 is 5.91 Å². The number of hydrogen-bond donors (Lipinski definition) is 1. The first-order chi connectivity index (χ1) is 8.91. The van der Waals surface area contributed by atoms with Gasteiger partial charge in [-0.05, 0) is 37.5 Å². The van der Waals surface area contributed by atoms with Gasteiger partial charge >= 0.3 is 0 Å². The van der Waals surface area contributed by atoms with Crippen molar-refractivity contribution in [1.29, 1.82) is 0 Å². The molecule has 1 aliphatic heterocycles. The predicted molar refractivity (Wildman–Crippen MR) is 72.9 cm³/mol. The summed E-state index contributed by atoms with van der Waals surface area (Å²) in [5.74, 6) is 0.221. The molecule has 0 aromatic heterocycles. The number of nitrogens with zero attached hydrogens (tertiary/aromatic N) is 1. The third-order valence-electron chi connectivity index (χ3n) is 3.90. The molecule has 2 rings (SSSR count). The summed E-state index contributed by atoms with van der Waals surface area (Å²) in [6.07, 6.45) is -0.166. The minimum absolute atomic E-state index is 0.107. The van der Waals surface area contributed by atoms with Gasteiger partial charge in [0.2, 0.25) is 5.91 Å². The fourth-order valence-corrected chi connectivity index (χ4v) is 2.40. The molecule has 1 heterocycles. The van der Waals surface area contributed by atoms with Crippen LogP contribution in [-0.4, -0.2) is 22.9 Å². The largest absolute Gasteiger partial charge is 0.319 e. The Morgan fingerprint density at radius 2 is 1.79 bits per heavy atom. The molecule has 1 saturated heterocycles. The van der Waals surface area contributed by atoms with Gasteiger partial charge in [-0.3, -0.25) is 10.1 Å². The Bertz CT molecular complexity index is 458. The van der Waals surface area contributed by atoms with Crippen LogP contribution in [0.1, 0.15) is 39.4 Å². The van der Waals surface area contributed by atoms with Gasteiger partial charge in [-0.1, -0.05) is 26.0 Å². The Kier molecular flexibility index (Phi) is 3.90. The Balaban J connectivity index is 2.32. The van der Waals surface area contributed by atoms with Crippen molar-refractivity contribution in [3.8, 4) is 0 Å². The van der Waals surface area contributed by atoms with Crippen LogP contribution in [-0.2, 0) is 4.79 Å². The molecule has 3 atom stereocenters. The number of halogens is 1. The second kappa shape index (κ2) is 5.29. The van der Waals surface area contributed by atoms with E-state index in [-0.39, 0.29) is 30.0 Å². The number of carbonyl (C=O) groups excluding carboxylic acids is 1. The zero-order valence-corrected chi connectivity index (χ0v) is 11.9. The van der Waals surface area contributed by atoms with Crippen LogP contribution >= 0.6 is 0 Å². The van der Waals surface area contributed by atoms with Crippen molar-refractivity contribution in [2.24, 2.45) is 5.92 Å². The molecule has 0 saturated carbocycles. The molecule has 104 valence electrons. The highest BCUT2D eigenvalue weighted by Gasteiger charge is 2.40. The molecule has 1 fully saturated rings. The SMILES string of the molecule is CC1NC(c2ccc(F)cc2)N(C(C)C(C)C)C1=O. The lowest BCUT2D eigenvalue weighted by Gasteiger charge is -2.33. The normalized spacial score (nSPS) is 25.2. The van der Waals surface area contributed by atoms with E-state index in [9.17, 15) is 9.18 Å². The van der Waals surface area contributed by atoms with Crippen LogP contribution in [0.2, 0.25) is 0 Å². The highest BCUT2D eigenvalue weighted by Crippen LogP contribution is 2.29. The number of amides is 1. The van der Waals surface area contributed by atoms with E-state index in [0.717, 1.165) is 5.56 Å². The molecular formula is C15H21FN2O. The molecule has 0 radical (unpaired) electrons. The Hall–Kier alpha value is -1.42. The molecule has 3 nitrogen and oxygen atoms in total. The van der Waals surface area contributed by atoms with Crippen LogP contribution in [0.5, 0.6) is 0 Å². The number of carbonyl (C=O) groups is 1. The number of rotatable bonds is 3. The molecule has 1 aromatic carbocycles. The predicted octanol–water partition coefficient (Wildman–Crippen LogP) is 2.69. The highest BCUT2D eigenvalue weighted by molar-refractivity contribution is 5.84. The Morgan fingerprint density at radius 3 is 2.32 bits per heavy atom.